The van der Waals surface area contributed by atoms with Crippen molar-refractivity contribution in [3.05, 3.63) is 29.8 Å². The second-order valence-corrected chi connectivity index (χ2v) is 5.55. The number of carbonyl (C=O) groups excluding carboxylic acids is 1. The molecule has 5 heteroatoms. The number of urea groups is 1. The summed E-state index contributed by atoms with van der Waals surface area (Å²) in [6, 6.07) is 7.40. The third-order valence-corrected chi connectivity index (χ3v) is 2.71. The van der Waals surface area contributed by atoms with Crippen LogP contribution in [0.3, 0.4) is 0 Å². The van der Waals surface area contributed by atoms with Crippen molar-refractivity contribution in [3.8, 4) is 5.75 Å². The largest absolute Gasteiger partial charge is 0.496 e. The monoisotopic (exact) mass is 280 g/mol. The second-order valence-electron chi connectivity index (χ2n) is 5.55. The molecule has 0 aliphatic rings. The van der Waals surface area contributed by atoms with Crippen LogP contribution in [0.4, 0.5) is 4.79 Å². The normalized spacial score (nSPS) is 12.7. The van der Waals surface area contributed by atoms with Gasteiger partial charge in [-0.15, -0.1) is 0 Å². The summed E-state index contributed by atoms with van der Waals surface area (Å²) < 4.78 is 10.7. The number of nitrogens with one attached hydrogen (secondary N) is 2. The summed E-state index contributed by atoms with van der Waals surface area (Å²) in [4.78, 5) is 11.8. The summed E-state index contributed by atoms with van der Waals surface area (Å²) in [6.07, 6.45) is -0.253. The molecule has 0 bridgehead atoms. The molecule has 0 aliphatic heterocycles. The first kappa shape index (κ1) is 16.3. The Morgan fingerprint density at radius 3 is 2.45 bits per heavy atom. The van der Waals surface area contributed by atoms with E-state index < -0.39 is 0 Å². The molecule has 0 aromatic heterocycles. The smallest absolute Gasteiger partial charge is 0.315 e. The third-order valence-electron chi connectivity index (χ3n) is 2.71. The Morgan fingerprint density at radius 2 is 1.90 bits per heavy atom. The van der Waals surface area contributed by atoms with Crippen LogP contribution in [0.5, 0.6) is 5.75 Å². The molecule has 2 N–H and O–H groups in total. The Kier molecular flexibility index (Phi) is 5.82. The highest BCUT2D eigenvalue weighted by molar-refractivity contribution is 5.74. The summed E-state index contributed by atoms with van der Waals surface area (Å²) in [6.45, 7) is 6.17. The number of benzene rings is 1. The standard InChI is InChI=1S/C15H24N2O3/c1-15(2,3)17-14(18)16-10-13(20-5)11-8-6-7-9-12(11)19-4/h6-9,13H,10H2,1-5H3,(H2,16,17,18). The quantitative estimate of drug-likeness (QED) is 0.871. The molecule has 5 nitrogen and oxygen atoms in total. The van der Waals surface area contributed by atoms with Crippen LogP contribution >= 0.6 is 0 Å². The van der Waals surface area contributed by atoms with Crippen molar-refractivity contribution in [1.82, 2.24) is 10.6 Å². The van der Waals surface area contributed by atoms with Crippen LogP contribution in [-0.4, -0.2) is 32.3 Å². The highest BCUT2D eigenvalue weighted by Crippen LogP contribution is 2.26. The Balaban J connectivity index is 2.66. The molecular weight excluding hydrogens is 256 g/mol. The number of ether oxygens (including phenoxy) is 2. The summed E-state index contributed by atoms with van der Waals surface area (Å²) in [5, 5.41) is 5.65. The molecule has 1 rings (SSSR count). The molecule has 1 atom stereocenters. The minimum atomic E-state index is -0.267. The van der Waals surface area contributed by atoms with Gasteiger partial charge in [0.15, 0.2) is 0 Å². The SMILES string of the molecule is COc1ccccc1C(CNC(=O)NC(C)(C)C)OC. The molecule has 2 amide bonds. The van der Waals surface area contributed by atoms with Gasteiger partial charge in [-0.25, -0.2) is 4.79 Å². The number of hydrogen-bond acceptors (Lipinski definition) is 3. The first-order chi connectivity index (χ1) is 9.37. The Labute approximate surface area is 120 Å². The summed E-state index contributed by atoms with van der Waals surface area (Å²) in [5.41, 5.74) is 0.644. The summed E-state index contributed by atoms with van der Waals surface area (Å²) in [5.74, 6) is 0.748. The van der Waals surface area contributed by atoms with E-state index in [9.17, 15) is 4.79 Å². The van der Waals surface area contributed by atoms with E-state index in [4.69, 9.17) is 9.47 Å². The van der Waals surface area contributed by atoms with Gasteiger partial charge < -0.3 is 20.1 Å². The van der Waals surface area contributed by atoms with Crippen molar-refractivity contribution >= 4 is 6.03 Å². The van der Waals surface area contributed by atoms with E-state index in [1.54, 1.807) is 14.2 Å². The first-order valence-corrected chi connectivity index (χ1v) is 6.59. The van der Waals surface area contributed by atoms with Gasteiger partial charge in [0.25, 0.3) is 0 Å². The van der Waals surface area contributed by atoms with Gasteiger partial charge in [-0.1, -0.05) is 18.2 Å². The lowest BCUT2D eigenvalue weighted by molar-refractivity contribution is 0.101. The minimum Gasteiger partial charge on any atom is -0.496 e. The van der Waals surface area contributed by atoms with Gasteiger partial charge >= 0.3 is 6.03 Å². The fourth-order valence-electron chi connectivity index (χ4n) is 1.82. The van der Waals surface area contributed by atoms with Gasteiger partial charge in [0.05, 0.1) is 7.11 Å². The zero-order valence-corrected chi connectivity index (χ0v) is 12.8. The fraction of sp³-hybridized carbons (Fsp3) is 0.533. The highest BCUT2D eigenvalue weighted by atomic mass is 16.5. The maximum absolute atomic E-state index is 11.8. The van der Waals surface area contributed by atoms with Crippen LogP contribution < -0.4 is 15.4 Å². The van der Waals surface area contributed by atoms with Gasteiger partial charge in [-0.3, -0.25) is 0 Å². The summed E-state index contributed by atoms with van der Waals surface area (Å²) >= 11 is 0. The van der Waals surface area contributed by atoms with Gasteiger partial charge in [0.2, 0.25) is 0 Å². The van der Waals surface area contributed by atoms with Gasteiger partial charge in [0, 0.05) is 24.8 Å². The molecular formula is C15H24N2O3. The average Bonchev–Trinajstić information content (AvgIpc) is 2.38. The molecule has 0 aliphatic carbocycles. The molecule has 20 heavy (non-hydrogen) atoms. The number of hydrogen-bond donors (Lipinski definition) is 2. The number of rotatable bonds is 5. The Morgan fingerprint density at radius 1 is 1.25 bits per heavy atom. The predicted molar refractivity (Wildman–Crippen MR) is 79.0 cm³/mol. The number of carbonyl (C=O) groups is 1. The van der Waals surface area contributed by atoms with Gasteiger partial charge in [-0.2, -0.15) is 0 Å². The van der Waals surface area contributed by atoms with Crippen LogP contribution in [-0.2, 0) is 4.74 Å². The van der Waals surface area contributed by atoms with Gasteiger partial charge in [-0.05, 0) is 26.8 Å². The molecule has 1 unspecified atom stereocenters. The number of amides is 2. The predicted octanol–water partition coefficient (Wildman–Crippen LogP) is 2.48. The van der Waals surface area contributed by atoms with E-state index in [0.29, 0.717) is 6.54 Å². The molecule has 0 spiro atoms. The van der Waals surface area contributed by atoms with Crippen molar-refractivity contribution in [2.24, 2.45) is 0 Å². The van der Waals surface area contributed by atoms with E-state index in [1.165, 1.54) is 0 Å². The van der Waals surface area contributed by atoms with E-state index in [-0.39, 0.29) is 17.7 Å². The molecule has 0 fully saturated rings. The molecule has 1 aromatic rings. The van der Waals surface area contributed by atoms with Crippen molar-refractivity contribution in [2.45, 2.75) is 32.4 Å². The lowest BCUT2D eigenvalue weighted by Gasteiger charge is -2.23. The lowest BCUT2D eigenvalue weighted by Crippen LogP contribution is -2.47. The molecule has 0 radical (unpaired) electrons. The molecule has 112 valence electrons. The lowest BCUT2D eigenvalue weighted by atomic mass is 10.1. The molecule has 1 aromatic carbocycles. The zero-order chi connectivity index (χ0) is 15.2. The van der Waals surface area contributed by atoms with Crippen LogP contribution in [0.1, 0.15) is 32.4 Å². The van der Waals surface area contributed by atoms with Crippen LogP contribution in [0, 0.1) is 0 Å². The molecule has 0 heterocycles. The van der Waals surface area contributed by atoms with E-state index in [1.807, 2.05) is 45.0 Å². The van der Waals surface area contributed by atoms with Crippen molar-refractivity contribution in [3.63, 3.8) is 0 Å². The average molecular weight is 280 g/mol. The fourth-order valence-corrected chi connectivity index (χ4v) is 1.82. The van der Waals surface area contributed by atoms with Crippen molar-refractivity contribution in [2.75, 3.05) is 20.8 Å². The Hall–Kier alpha value is -1.75. The van der Waals surface area contributed by atoms with Crippen LogP contribution in [0.2, 0.25) is 0 Å². The van der Waals surface area contributed by atoms with E-state index in [2.05, 4.69) is 10.6 Å². The second kappa shape index (κ2) is 7.14. The van der Waals surface area contributed by atoms with Gasteiger partial charge in [0.1, 0.15) is 11.9 Å². The summed E-state index contributed by atoms with van der Waals surface area (Å²) in [7, 11) is 3.23. The van der Waals surface area contributed by atoms with E-state index in [0.717, 1.165) is 11.3 Å². The highest BCUT2D eigenvalue weighted by Gasteiger charge is 2.18. The number of para-hydroxylation sites is 1. The zero-order valence-electron chi connectivity index (χ0n) is 12.8. The van der Waals surface area contributed by atoms with Crippen molar-refractivity contribution in [1.29, 1.82) is 0 Å². The maximum atomic E-state index is 11.8. The minimum absolute atomic E-state index is 0.213. The number of methoxy groups -OCH3 is 2. The van der Waals surface area contributed by atoms with Crippen LogP contribution in [0.25, 0.3) is 0 Å². The Bertz CT molecular complexity index is 441. The molecule has 0 saturated carbocycles. The van der Waals surface area contributed by atoms with Crippen LogP contribution in [0.15, 0.2) is 24.3 Å². The van der Waals surface area contributed by atoms with E-state index >= 15 is 0 Å². The third kappa shape index (κ3) is 5.09. The van der Waals surface area contributed by atoms with Crippen molar-refractivity contribution < 1.29 is 14.3 Å². The topological polar surface area (TPSA) is 59.6 Å². The molecule has 0 saturated heterocycles. The maximum Gasteiger partial charge on any atom is 0.315 e. The first-order valence-electron chi connectivity index (χ1n) is 6.59.